The van der Waals surface area contributed by atoms with Gasteiger partial charge >= 0.3 is 0 Å². The van der Waals surface area contributed by atoms with Gasteiger partial charge in [-0.2, -0.15) is 5.10 Å². The number of nitrogens with zero attached hydrogens (tertiary/aromatic N) is 3. The maximum Gasteiger partial charge on any atom is 0.275 e. The van der Waals surface area contributed by atoms with Gasteiger partial charge in [0, 0.05) is 18.8 Å². The van der Waals surface area contributed by atoms with E-state index in [1.165, 1.54) is 23.3 Å². The predicted octanol–water partition coefficient (Wildman–Crippen LogP) is 2.23. The lowest BCUT2D eigenvalue weighted by Crippen LogP contribution is -2.37. The van der Waals surface area contributed by atoms with E-state index in [0.717, 1.165) is 31.2 Å². The number of benzene rings is 1. The normalized spacial score (nSPS) is 15.9. The number of hydrogen-bond acceptors (Lipinski definition) is 4. The summed E-state index contributed by atoms with van der Waals surface area (Å²) in [6, 6.07) is 10.3. The fourth-order valence-electron chi connectivity index (χ4n) is 4.18. The molecule has 0 aliphatic heterocycles. The van der Waals surface area contributed by atoms with Crippen molar-refractivity contribution in [1.29, 1.82) is 0 Å². The van der Waals surface area contributed by atoms with Crippen molar-refractivity contribution < 1.29 is 9.90 Å². The summed E-state index contributed by atoms with van der Waals surface area (Å²) >= 11 is 0. The Morgan fingerprint density at radius 3 is 2.74 bits per heavy atom. The number of carbonyl (C=O) groups is 1. The van der Waals surface area contributed by atoms with Gasteiger partial charge in [0.2, 0.25) is 0 Å². The minimum atomic E-state index is -0.752. The van der Waals surface area contributed by atoms with Gasteiger partial charge in [0.1, 0.15) is 0 Å². The van der Waals surface area contributed by atoms with Crippen LogP contribution in [0.15, 0.2) is 47.5 Å². The summed E-state index contributed by atoms with van der Waals surface area (Å²) in [5, 5.41) is 17.8. The van der Waals surface area contributed by atoms with Crippen molar-refractivity contribution in [3.05, 3.63) is 58.6 Å². The second-order valence-corrected chi connectivity index (χ2v) is 7.14. The molecule has 0 bridgehead atoms. The molecule has 1 fully saturated rings. The first-order chi connectivity index (χ1) is 13.0. The van der Waals surface area contributed by atoms with Crippen LogP contribution in [-0.4, -0.2) is 32.4 Å². The molecule has 1 aromatic carbocycles. The van der Waals surface area contributed by atoms with E-state index >= 15 is 0 Å². The molecule has 0 unspecified atom stereocenters. The topological polar surface area (TPSA) is 89.2 Å². The molecule has 1 aliphatic carbocycles. The number of para-hydroxylation sites is 1. The molecule has 0 atom stereocenters. The van der Waals surface area contributed by atoms with Crippen molar-refractivity contribution in [2.24, 2.45) is 0 Å². The smallest absolute Gasteiger partial charge is 0.275 e. The molecule has 0 spiro atoms. The van der Waals surface area contributed by atoms with E-state index in [0.29, 0.717) is 6.54 Å². The van der Waals surface area contributed by atoms with Crippen LogP contribution in [0.4, 0.5) is 0 Å². The number of hydrogen-bond donors (Lipinski definition) is 2. The minimum absolute atomic E-state index is 0.211. The number of carbonyl (C=O) groups excluding carboxylic acids is 1. The van der Waals surface area contributed by atoms with E-state index in [2.05, 4.69) is 39.4 Å². The molecule has 0 radical (unpaired) electrons. The Labute approximate surface area is 156 Å². The van der Waals surface area contributed by atoms with Gasteiger partial charge in [0.05, 0.1) is 18.3 Å². The third-order valence-electron chi connectivity index (χ3n) is 5.49. The zero-order valence-corrected chi connectivity index (χ0v) is 15.2. The Kier molecular flexibility index (Phi) is 4.22. The molecule has 1 saturated carbocycles. The summed E-state index contributed by atoms with van der Waals surface area (Å²) in [6.45, 7) is 0.476. The van der Waals surface area contributed by atoms with Gasteiger partial charge < -0.3 is 15.0 Å². The number of nitrogens with one attached hydrogen (secondary N) is 1. The lowest BCUT2D eigenvalue weighted by molar-refractivity contribution is 0.0952. The van der Waals surface area contributed by atoms with Gasteiger partial charge in [-0.05, 0) is 30.4 Å². The highest BCUT2D eigenvalue weighted by Gasteiger charge is 2.37. The van der Waals surface area contributed by atoms with Crippen LogP contribution in [0.1, 0.15) is 36.2 Å². The summed E-state index contributed by atoms with van der Waals surface area (Å²) in [5.74, 6) is -1.06. The highest BCUT2D eigenvalue weighted by Crippen LogP contribution is 2.40. The summed E-state index contributed by atoms with van der Waals surface area (Å²) in [4.78, 5) is 24.0. The zero-order chi connectivity index (χ0) is 19.0. The fourth-order valence-corrected chi connectivity index (χ4v) is 4.18. The molecule has 2 heterocycles. The fraction of sp³-hybridized carbons (Fsp3) is 0.350. The standard InChI is InChI=1S/C20H22N4O3/c1-21-19(27)17-18(26)16(25)12-23(22-17)13-20(9-4-5-10-20)24-11-8-14-6-2-3-7-15(14)24/h2-3,6-8,11-12,25H,4-5,9-10,13H2,1H3,(H,21,27). The Balaban J connectivity index is 1.80. The molecular weight excluding hydrogens is 344 g/mol. The van der Waals surface area contributed by atoms with Gasteiger partial charge in [0.15, 0.2) is 11.4 Å². The highest BCUT2D eigenvalue weighted by molar-refractivity contribution is 5.92. The van der Waals surface area contributed by atoms with Crippen LogP contribution in [0, 0.1) is 0 Å². The number of rotatable bonds is 4. The van der Waals surface area contributed by atoms with Crippen molar-refractivity contribution in [3.63, 3.8) is 0 Å². The van der Waals surface area contributed by atoms with E-state index in [-0.39, 0.29) is 11.2 Å². The first-order valence-electron chi connectivity index (χ1n) is 9.13. The van der Waals surface area contributed by atoms with Crippen molar-refractivity contribution >= 4 is 16.8 Å². The average Bonchev–Trinajstić information content (AvgIpc) is 3.31. The first kappa shape index (κ1) is 17.3. The molecule has 3 aromatic rings. The lowest BCUT2D eigenvalue weighted by Gasteiger charge is -2.32. The third kappa shape index (κ3) is 2.89. The molecular formula is C20H22N4O3. The number of aromatic hydroxyl groups is 1. The van der Waals surface area contributed by atoms with Crippen LogP contribution in [0.2, 0.25) is 0 Å². The maximum absolute atomic E-state index is 12.0. The second-order valence-electron chi connectivity index (χ2n) is 7.14. The second kappa shape index (κ2) is 6.57. The SMILES string of the molecule is CNC(=O)c1nn(CC2(n3ccc4ccccc43)CCCC2)cc(O)c1=O. The van der Waals surface area contributed by atoms with E-state index in [1.54, 1.807) is 0 Å². The van der Waals surface area contributed by atoms with Crippen LogP contribution in [0.3, 0.4) is 0 Å². The molecule has 27 heavy (non-hydrogen) atoms. The van der Waals surface area contributed by atoms with Crippen molar-refractivity contribution in [3.8, 4) is 5.75 Å². The van der Waals surface area contributed by atoms with Gasteiger partial charge in [-0.15, -0.1) is 0 Å². The molecule has 0 saturated heterocycles. The van der Waals surface area contributed by atoms with Crippen LogP contribution in [0.25, 0.3) is 10.9 Å². The Hall–Kier alpha value is -3.09. The van der Waals surface area contributed by atoms with E-state index in [9.17, 15) is 14.7 Å². The molecule has 2 aromatic heterocycles. The Morgan fingerprint density at radius 2 is 2.00 bits per heavy atom. The largest absolute Gasteiger partial charge is 0.503 e. The van der Waals surface area contributed by atoms with Gasteiger partial charge in [0.25, 0.3) is 11.3 Å². The van der Waals surface area contributed by atoms with E-state index in [1.807, 2.05) is 12.1 Å². The van der Waals surface area contributed by atoms with Crippen LogP contribution < -0.4 is 10.7 Å². The number of amides is 1. The van der Waals surface area contributed by atoms with Crippen molar-refractivity contribution in [2.75, 3.05) is 7.05 Å². The highest BCUT2D eigenvalue weighted by atomic mass is 16.3. The molecule has 7 nitrogen and oxygen atoms in total. The minimum Gasteiger partial charge on any atom is -0.503 e. The van der Waals surface area contributed by atoms with Crippen LogP contribution >= 0.6 is 0 Å². The van der Waals surface area contributed by atoms with Crippen molar-refractivity contribution in [2.45, 2.75) is 37.8 Å². The molecule has 2 N–H and O–H groups in total. The molecule has 1 aliphatic rings. The maximum atomic E-state index is 12.0. The molecule has 7 heteroatoms. The predicted molar refractivity (Wildman–Crippen MR) is 102 cm³/mol. The average molecular weight is 366 g/mol. The number of aromatic nitrogens is 3. The van der Waals surface area contributed by atoms with Gasteiger partial charge in [-0.3, -0.25) is 14.3 Å². The Bertz CT molecular complexity index is 1060. The Morgan fingerprint density at radius 1 is 1.26 bits per heavy atom. The lowest BCUT2D eigenvalue weighted by atomic mass is 9.96. The van der Waals surface area contributed by atoms with Gasteiger partial charge in [-0.25, -0.2) is 0 Å². The third-order valence-corrected chi connectivity index (χ3v) is 5.49. The molecule has 1 amide bonds. The van der Waals surface area contributed by atoms with Crippen LogP contribution in [-0.2, 0) is 12.1 Å². The quantitative estimate of drug-likeness (QED) is 0.741. The molecule has 4 rings (SSSR count). The summed E-state index contributed by atoms with van der Waals surface area (Å²) < 4.78 is 3.81. The monoisotopic (exact) mass is 366 g/mol. The summed E-state index contributed by atoms with van der Waals surface area (Å²) in [7, 11) is 1.43. The van der Waals surface area contributed by atoms with Crippen LogP contribution in [0.5, 0.6) is 5.75 Å². The van der Waals surface area contributed by atoms with E-state index in [4.69, 9.17) is 0 Å². The van der Waals surface area contributed by atoms with E-state index < -0.39 is 17.1 Å². The number of fused-ring (bicyclic) bond motifs is 1. The molecule has 140 valence electrons. The summed E-state index contributed by atoms with van der Waals surface area (Å²) in [5.41, 5.74) is -0.103. The van der Waals surface area contributed by atoms with Gasteiger partial charge in [-0.1, -0.05) is 31.0 Å². The van der Waals surface area contributed by atoms with Crippen molar-refractivity contribution in [1.82, 2.24) is 19.7 Å². The summed E-state index contributed by atoms with van der Waals surface area (Å²) in [6.07, 6.45) is 7.55. The zero-order valence-electron chi connectivity index (χ0n) is 15.2. The first-order valence-corrected chi connectivity index (χ1v) is 9.13.